The molecule has 1 aliphatic rings. The smallest absolute Gasteiger partial charge is 0.270 e. The van der Waals surface area contributed by atoms with Crippen molar-refractivity contribution in [2.75, 3.05) is 5.32 Å². The van der Waals surface area contributed by atoms with Gasteiger partial charge in [0.15, 0.2) is 5.50 Å². The molecule has 1 atom stereocenters. The molecular formula is C20H13ClFN3O4S. The van der Waals surface area contributed by atoms with Crippen molar-refractivity contribution in [3.8, 4) is 11.3 Å². The molecule has 30 heavy (non-hydrogen) atoms. The summed E-state index contributed by atoms with van der Waals surface area (Å²) in [5.41, 5.74) is -0.00456. The third-order valence-electron chi connectivity index (χ3n) is 4.22. The van der Waals surface area contributed by atoms with Crippen LogP contribution in [0.3, 0.4) is 0 Å². The topological polar surface area (TPSA) is 97.4 Å². The minimum atomic E-state index is -0.540. The highest BCUT2D eigenvalue weighted by Gasteiger charge is 2.28. The maximum Gasteiger partial charge on any atom is 0.270 e. The van der Waals surface area contributed by atoms with Crippen molar-refractivity contribution in [2.24, 2.45) is 0 Å². The minimum Gasteiger partial charge on any atom is -0.457 e. The Labute approximate surface area is 179 Å². The molecule has 1 aliphatic heterocycles. The highest BCUT2D eigenvalue weighted by Crippen LogP contribution is 2.35. The van der Waals surface area contributed by atoms with Gasteiger partial charge in [-0.1, -0.05) is 35.5 Å². The van der Waals surface area contributed by atoms with Crippen molar-refractivity contribution >= 4 is 46.7 Å². The van der Waals surface area contributed by atoms with Gasteiger partial charge >= 0.3 is 0 Å². The largest absolute Gasteiger partial charge is 0.457 e. The highest BCUT2D eigenvalue weighted by atomic mass is 35.5. The Bertz CT molecular complexity index is 1180. The molecule has 10 heteroatoms. The first-order chi connectivity index (χ1) is 14.4. The number of thioether (sulfide) groups is 1. The quantitative estimate of drug-likeness (QED) is 0.316. The number of carbonyl (C=O) groups excluding carboxylic acids is 1. The Morgan fingerprint density at radius 2 is 2.03 bits per heavy atom. The number of amides is 1. The number of anilines is 1. The van der Waals surface area contributed by atoms with Crippen LogP contribution in [0.4, 0.5) is 15.8 Å². The lowest BCUT2D eigenvalue weighted by Crippen LogP contribution is -2.31. The van der Waals surface area contributed by atoms with E-state index in [9.17, 15) is 19.3 Å². The zero-order valence-corrected chi connectivity index (χ0v) is 16.7. The second-order valence-corrected chi connectivity index (χ2v) is 7.78. The lowest BCUT2D eigenvalue weighted by molar-refractivity contribution is -0.384. The Morgan fingerprint density at radius 1 is 1.23 bits per heavy atom. The van der Waals surface area contributed by atoms with Crippen molar-refractivity contribution in [1.82, 2.24) is 5.32 Å². The number of halogens is 2. The molecular weight excluding hydrogens is 433 g/mol. The number of hydrogen-bond donors (Lipinski definition) is 2. The second-order valence-electron chi connectivity index (χ2n) is 6.23. The van der Waals surface area contributed by atoms with Gasteiger partial charge < -0.3 is 15.1 Å². The van der Waals surface area contributed by atoms with E-state index in [0.717, 1.165) is 0 Å². The summed E-state index contributed by atoms with van der Waals surface area (Å²) in [7, 11) is 0. The number of nitrogens with zero attached hydrogens (tertiary/aromatic N) is 1. The molecule has 1 aromatic heterocycles. The van der Waals surface area contributed by atoms with Crippen LogP contribution in [0.15, 0.2) is 63.9 Å². The molecule has 1 amide bonds. The predicted molar refractivity (Wildman–Crippen MR) is 113 cm³/mol. The summed E-state index contributed by atoms with van der Waals surface area (Å²) in [5.74, 6) is -0.0498. The summed E-state index contributed by atoms with van der Waals surface area (Å²) in [4.78, 5) is 23.1. The fourth-order valence-corrected chi connectivity index (χ4v) is 3.97. The number of rotatable bonds is 5. The first-order valence-electron chi connectivity index (χ1n) is 8.65. The zero-order valence-electron chi connectivity index (χ0n) is 15.1. The molecule has 0 radical (unpaired) electrons. The summed E-state index contributed by atoms with van der Waals surface area (Å²) >= 11 is 7.32. The average Bonchev–Trinajstić information content (AvgIpc) is 3.31. The standard InChI is InChI=1S/C20H13ClFN3O4S/c21-14-7-5-11(25(27)28)9-13(14)17-8-6-12(29-17)10-18-19(26)24-20(30-18)23-16-4-2-1-3-15(16)22/h1-10,20,23H,(H,24,26)/b18-10-. The zero-order chi connectivity index (χ0) is 21.3. The molecule has 1 saturated heterocycles. The van der Waals surface area contributed by atoms with Gasteiger partial charge in [0.2, 0.25) is 0 Å². The molecule has 0 saturated carbocycles. The van der Waals surface area contributed by atoms with Gasteiger partial charge in [0.1, 0.15) is 17.3 Å². The number of nitro benzene ring substituents is 1. The van der Waals surface area contributed by atoms with Gasteiger partial charge in [0.25, 0.3) is 11.6 Å². The number of furan rings is 1. The van der Waals surface area contributed by atoms with Crippen LogP contribution in [0.25, 0.3) is 17.4 Å². The number of hydrogen-bond acceptors (Lipinski definition) is 6. The van der Waals surface area contributed by atoms with Crippen molar-refractivity contribution < 1.29 is 18.5 Å². The highest BCUT2D eigenvalue weighted by molar-refractivity contribution is 8.05. The van der Waals surface area contributed by atoms with Crippen molar-refractivity contribution in [1.29, 1.82) is 0 Å². The molecule has 152 valence electrons. The third kappa shape index (κ3) is 4.17. The van der Waals surface area contributed by atoms with Gasteiger partial charge in [-0.15, -0.1) is 0 Å². The van der Waals surface area contributed by atoms with Crippen LogP contribution in [0, 0.1) is 15.9 Å². The Morgan fingerprint density at radius 3 is 2.80 bits per heavy atom. The first kappa shape index (κ1) is 20.0. The molecule has 2 heterocycles. The molecule has 1 fully saturated rings. The fraction of sp³-hybridized carbons (Fsp3) is 0.0500. The monoisotopic (exact) mass is 445 g/mol. The van der Waals surface area contributed by atoms with Crippen molar-refractivity contribution in [3.63, 3.8) is 0 Å². The number of nitrogens with one attached hydrogen (secondary N) is 2. The summed E-state index contributed by atoms with van der Waals surface area (Å²) in [5, 5.41) is 16.9. The van der Waals surface area contributed by atoms with Gasteiger partial charge in [-0.2, -0.15) is 0 Å². The van der Waals surface area contributed by atoms with E-state index in [4.69, 9.17) is 16.0 Å². The summed E-state index contributed by atoms with van der Waals surface area (Å²) in [6.07, 6.45) is 1.54. The number of non-ortho nitro benzene ring substituents is 1. The lowest BCUT2D eigenvalue weighted by atomic mass is 10.1. The van der Waals surface area contributed by atoms with Gasteiger partial charge in [-0.25, -0.2) is 4.39 Å². The second kappa shape index (κ2) is 8.21. The van der Waals surface area contributed by atoms with E-state index >= 15 is 0 Å². The van der Waals surface area contributed by atoms with Crippen LogP contribution in [0.1, 0.15) is 5.76 Å². The van der Waals surface area contributed by atoms with E-state index in [2.05, 4.69) is 10.6 Å². The number of para-hydroxylation sites is 1. The van der Waals surface area contributed by atoms with Crippen LogP contribution in [0.2, 0.25) is 5.02 Å². The molecule has 0 spiro atoms. The van der Waals surface area contributed by atoms with Crippen molar-refractivity contribution in [2.45, 2.75) is 5.50 Å². The normalized spacial score (nSPS) is 17.2. The van der Waals surface area contributed by atoms with Crippen LogP contribution >= 0.6 is 23.4 Å². The van der Waals surface area contributed by atoms with Gasteiger partial charge in [0, 0.05) is 23.8 Å². The summed E-state index contributed by atoms with van der Waals surface area (Å²) in [6.45, 7) is 0. The van der Waals surface area contributed by atoms with Crippen LogP contribution in [-0.2, 0) is 4.79 Å². The van der Waals surface area contributed by atoms with Gasteiger partial charge in [0.05, 0.1) is 20.5 Å². The Hall–Kier alpha value is -3.30. The SMILES string of the molecule is O=C1NC(Nc2ccccc2F)S/C1=C\c1ccc(-c2cc([N+](=O)[O-])ccc2Cl)o1. The molecule has 0 aliphatic carbocycles. The van der Waals surface area contributed by atoms with E-state index in [1.165, 1.54) is 42.1 Å². The number of carbonyl (C=O) groups is 1. The van der Waals surface area contributed by atoms with E-state index in [0.29, 0.717) is 27.0 Å². The van der Waals surface area contributed by atoms with E-state index in [-0.39, 0.29) is 17.3 Å². The summed E-state index contributed by atoms with van der Waals surface area (Å²) < 4.78 is 19.5. The van der Waals surface area contributed by atoms with E-state index in [1.807, 2.05) is 0 Å². The molecule has 4 rings (SSSR count). The molecule has 7 nitrogen and oxygen atoms in total. The third-order valence-corrected chi connectivity index (χ3v) is 5.58. The maximum atomic E-state index is 13.8. The van der Waals surface area contributed by atoms with Gasteiger partial charge in [-0.3, -0.25) is 14.9 Å². The summed E-state index contributed by atoms with van der Waals surface area (Å²) in [6, 6.07) is 13.5. The molecule has 2 aromatic carbocycles. The lowest BCUT2D eigenvalue weighted by Gasteiger charge is -2.12. The Kier molecular flexibility index (Phi) is 5.47. The number of nitro groups is 1. The molecule has 0 bridgehead atoms. The molecule has 2 N–H and O–H groups in total. The first-order valence-corrected chi connectivity index (χ1v) is 9.91. The average molecular weight is 446 g/mol. The van der Waals surface area contributed by atoms with Crippen LogP contribution in [0.5, 0.6) is 0 Å². The molecule has 3 aromatic rings. The van der Waals surface area contributed by atoms with Gasteiger partial charge in [-0.05, 0) is 30.3 Å². The number of benzene rings is 2. The molecule has 1 unspecified atom stereocenters. The maximum absolute atomic E-state index is 13.8. The fourth-order valence-electron chi connectivity index (χ4n) is 2.80. The minimum absolute atomic E-state index is 0.113. The van der Waals surface area contributed by atoms with E-state index < -0.39 is 16.2 Å². The van der Waals surface area contributed by atoms with E-state index in [1.54, 1.807) is 30.3 Å². The van der Waals surface area contributed by atoms with Crippen molar-refractivity contribution in [3.05, 3.63) is 86.2 Å². The van der Waals surface area contributed by atoms with Crippen LogP contribution < -0.4 is 10.6 Å². The predicted octanol–water partition coefficient (Wildman–Crippen LogP) is 5.25. The Balaban J connectivity index is 1.53. The van der Waals surface area contributed by atoms with Crippen LogP contribution in [-0.4, -0.2) is 16.3 Å².